The summed E-state index contributed by atoms with van der Waals surface area (Å²) in [5.41, 5.74) is 2.14. The second-order valence-corrected chi connectivity index (χ2v) is 7.85. The largest absolute Gasteiger partial charge is 0.367 e. The number of anilines is 2. The minimum atomic E-state index is -0.177. The third-order valence-corrected chi connectivity index (χ3v) is 5.81. The second-order valence-electron chi connectivity index (χ2n) is 7.85. The first-order valence-electron chi connectivity index (χ1n) is 10.7. The predicted molar refractivity (Wildman–Crippen MR) is 118 cm³/mol. The fraction of sp³-hybridized carbons (Fsp3) is 0.391. The zero-order valence-corrected chi connectivity index (χ0v) is 17.5. The van der Waals surface area contributed by atoms with Gasteiger partial charge in [-0.3, -0.25) is 19.4 Å². The van der Waals surface area contributed by atoms with E-state index in [0.29, 0.717) is 50.4 Å². The van der Waals surface area contributed by atoms with E-state index in [1.807, 2.05) is 29.2 Å². The lowest BCUT2D eigenvalue weighted by Gasteiger charge is -2.38. The third kappa shape index (κ3) is 5.02. The smallest absolute Gasteiger partial charge is 0.257 e. The van der Waals surface area contributed by atoms with Crippen LogP contribution in [0.1, 0.15) is 29.6 Å². The first-order chi connectivity index (χ1) is 15.1. The van der Waals surface area contributed by atoms with Crippen LogP contribution in [0.5, 0.6) is 0 Å². The minimum absolute atomic E-state index is 0.00128. The zero-order chi connectivity index (χ0) is 21.6. The van der Waals surface area contributed by atoms with Gasteiger partial charge in [0.2, 0.25) is 11.8 Å². The summed E-state index contributed by atoms with van der Waals surface area (Å²) in [5.74, 6) is -0.102. The number of rotatable bonds is 5. The van der Waals surface area contributed by atoms with Gasteiger partial charge < -0.3 is 20.0 Å². The van der Waals surface area contributed by atoms with Crippen LogP contribution in [0.15, 0.2) is 48.8 Å². The number of pyridine rings is 1. The Morgan fingerprint density at radius 3 is 2.42 bits per heavy atom. The molecule has 0 spiro atoms. The molecule has 0 saturated carbocycles. The summed E-state index contributed by atoms with van der Waals surface area (Å²) in [6.45, 7) is 3.26. The molecule has 0 aliphatic carbocycles. The van der Waals surface area contributed by atoms with Gasteiger partial charge >= 0.3 is 0 Å². The highest BCUT2D eigenvalue weighted by atomic mass is 16.2. The molecule has 2 aliphatic rings. The van der Waals surface area contributed by atoms with Crippen molar-refractivity contribution >= 4 is 29.1 Å². The molecular formula is C23H27N5O3. The molecule has 162 valence electrons. The van der Waals surface area contributed by atoms with Crippen LogP contribution in [0.3, 0.4) is 0 Å². The molecule has 1 N–H and O–H groups in total. The highest BCUT2D eigenvalue weighted by molar-refractivity contribution is 6.08. The Kier molecular flexibility index (Phi) is 6.45. The van der Waals surface area contributed by atoms with Gasteiger partial charge in [-0.25, -0.2) is 0 Å². The Labute approximate surface area is 181 Å². The SMILES string of the molecule is O=C(Nc1ccncc1)c1ccccc1N1CCN(C(=O)CN2CCCCC2=O)CC1. The van der Waals surface area contributed by atoms with Crippen molar-refractivity contribution < 1.29 is 14.4 Å². The summed E-state index contributed by atoms with van der Waals surface area (Å²) in [7, 11) is 0. The highest BCUT2D eigenvalue weighted by Gasteiger charge is 2.27. The van der Waals surface area contributed by atoms with E-state index in [9.17, 15) is 14.4 Å². The number of para-hydroxylation sites is 1. The van der Waals surface area contributed by atoms with Crippen molar-refractivity contribution in [1.82, 2.24) is 14.8 Å². The Morgan fingerprint density at radius 1 is 0.935 bits per heavy atom. The lowest BCUT2D eigenvalue weighted by Crippen LogP contribution is -2.52. The number of nitrogens with one attached hydrogen (secondary N) is 1. The molecule has 1 aromatic heterocycles. The number of hydrogen-bond donors (Lipinski definition) is 1. The molecule has 3 heterocycles. The van der Waals surface area contributed by atoms with E-state index in [1.54, 1.807) is 29.4 Å². The standard InChI is InChI=1S/C23H27N5O3/c29-21-7-3-4-12-28(21)17-22(30)27-15-13-26(14-16-27)20-6-2-1-5-19(20)23(31)25-18-8-10-24-11-9-18/h1-2,5-6,8-11H,3-4,7,12-17H2,(H,24,25,31). The molecule has 0 atom stereocenters. The molecule has 31 heavy (non-hydrogen) atoms. The molecular weight excluding hydrogens is 394 g/mol. The molecule has 0 unspecified atom stereocenters. The first-order valence-corrected chi connectivity index (χ1v) is 10.7. The number of benzene rings is 1. The lowest BCUT2D eigenvalue weighted by molar-refractivity contribution is -0.142. The average Bonchev–Trinajstić information content (AvgIpc) is 2.81. The second kappa shape index (κ2) is 9.59. The number of amides is 3. The van der Waals surface area contributed by atoms with E-state index < -0.39 is 0 Å². The Morgan fingerprint density at radius 2 is 1.68 bits per heavy atom. The van der Waals surface area contributed by atoms with Gasteiger partial charge in [-0.05, 0) is 37.1 Å². The summed E-state index contributed by atoms with van der Waals surface area (Å²) in [6.07, 6.45) is 5.69. The van der Waals surface area contributed by atoms with Gasteiger partial charge in [-0.15, -0.1) is 0 Å². The topological polar surface area (TPSA) is 85.8 Å². The third-order valence-electron chi connectivity index (χ3n) is 5.81. The lowest BCUT2D eigenvalue weighted by atomic mass is 10.1. The summed E-state index contributed by atoms with van der Waals surface area (Å²) < 4.78 is 0. The van der Waals surface area contributed by atoms with Gasteiger partial charge in [0.25, 0.3) is 5.91 Å². The number of carbonyl (C=O) groups is 3. The average molecular weight is 422 g/mol. The van der Waals surface area contributed by atoms with Crippen LogP contribution in [0, 0.1) is 0 Å². The molecule has 2 aromatic rings. The van der Waals surface area contributed by atoms with Gasteiger partial charge in [0.15, 0.2) is 0 Å². The van der Waals surface area contributed by atoms with E-state index in [-0.39, 0.29) is 24.3 Å². The molecule has 2 fully saturated rings. The Balaban J connectivity index is 1.37. The summed E-state index contributed by atoms with van der Waals surface area (Å²) in [4.78, 5) is 47.1. The molecule has 8 nitrogen and oxygen atoms in total. The van der Waals surface area contributed by atoms with E-state index in [2.05, 4.69) is 15.2 Å². The molecule has 4 rings (SSSR count). The van der Waals surface area contributed by atoms with Gasteiger partial charge in [-0.2, -0.15) is 0 Å². The first kappa shape index (κ1) is 20.8. The fourth-order valence-corrected chi connectivity index (χ4v) is 4.06. The summed E-state index contributed by atoms with van der Waals surface area (Å²) in [5, 5.41) is 2.91. The molecule has 8 heteroatoms. The Hall–Kier alpha value is -3.42. The number of likely N-dealkylation sites (tertiary alicyclic amines) is 1. The van der Waals surface area contributed by atoms with Gasteiger partial charge in [-0.1, -0.05) is 12.1 Å². The number of piperidine rings is 1. The normalized spacial score (nSPS) is 16.9. The van der Waals surface area contributed by atoms with Crippen molar-refractivity contribution in [3.8, 4) is 0 Å². The monoisotopic (exact) mass is 421 g/mol. The van der Waals surface area contributed by atoms with Crippen molar-refractivity contribution in [2.45, 2.75) is 19.3 Å². The molecule has 0 radical (unpaired) electrons. The van der Waals surface area contributed by atoms with E-state index in [4.69, 9.17) is 0 Å². The maximum Gasteiger partial charge on any atom is 0.257 e. The van der Waals surface area contributed by atoms with Gasteiger partial charge in [0.05, 0.1) is 12.1 Å². The van der Waals surface area contributed by atoms with Crippen LogP contribution >= 0.6 is 0 Å². The number of piperazine rings is 1. The Bertz CT molecular complexity index is 941. The van der Waals surface area contributed by atoms with Crippen molar-refractivity contribution in [3.63, 3.8) is 0 Å². The van der Waals surface area contributed by atoms with Crippen molar-refractivity contribution in [2.75, 3.05) is 49.5 Å². The van der Waals surface area contributed by atoms with Gasteiger partial charge in [0.1, 0.15) is 0 Å². The molecule has 3 amide bonds. The zero-order valence-electron chi connectivity index (χ0n) is 17.5. The van der Waals surface area contributed by atoms with E-state index in [0.717, 1.165) is 18.5 Å². The summed E-state index contributed by atoms with van der Waals surface area (Å²) in [6, 6.07) is 11.0. The molecule has 1 aromatic carbocycles. The van der Waals surface area contributed by atoms with Crippen LogP contribution < -0.4 is 10.2 Å². The highest BCUT2D eigenvalue weighted by Crippen LogP contribution is 2.23. The van der Waals surface area contributed by atoms with Crippen LogP contribution in [0.2, 0.25) is 0 Å². The fourth-order valence-electron chi connectivity index (χ4n) is 4.06. The quantitative estimate of drug-likeness (QED) is 0.798. The van der Waals surface area contributed by atoms with E-state index in [1.165, 1.54) is 0 Å². The van der Waals surface area contributed by atoms with E-state index >= 15 is 0 Å². The predicted octanol–water partition coefficient (Wildman–Crippen LogP) is 2.00. The molecule has 0 bridgehead atoms. The molecule has 2 saturated heterocycles. The number of carbonyl (C=O) groups excluding carboxylic acids is 3. The maximum absolute atomic E-state index is 12.8. The number of nitrogens with zero attached hydrogens (tertiary/aromatic N) is 4. The van der Waals surface area contributed by atoms with Crippen molar-refractivity contribution in [1.29, 1.82) is 0 Å². The van der Waals surface area contributed by atoms with Crippen LogP contribution in [0.25, 0.3) is 0 Å². The number of hydrogen-bond acceptors (Lipinski definition) is 5. The van der Waals surface area contributed by atoms with Crippen LogP contribution in [-0.4, -0.2) is 71.8 Å². The minimum Gasteiger partial charge on any atom is -0.367 e. The van der Waals surface area contributed by atoms with Crippen LogP contribution in [-0.2, 0) is 9.59 Å². The van der Waals surface area contributed by atoms with Crippen LogP contribution in [0.4, 0.5) is 11.4 Å². The van der Waals surface area contributed by atoms with Crippen molar-refractivity contribution in [2.24, 2.45) is 0 Å². The number of aromatic nitrogens is 1. The maximum atomic E-state index is 12.8. The molecule has 2 aliphatic heterocycles. The van der Waals surface area contributed by atoms with Gasteiger partial charge in [0, 0.05) is 62.9 Å². The summed E-state index contributed by atoms with van der Waals surface area (Å²) >= 11 is 0. The van der Waals surface area contributed by atoms with Crippen molar-refractivity contribution in [3.05, 3.63) is 54.4 Å².